The van der Waals surface area contributed by atoms with Gasteiger partial charge in [0.15, 0.2) is 0 Å². The predicted molar refractivity (Wildman–Crippen MR) is 71.1 cm³/mol. The van der Waals surface area contributed by atoms with Gasteiger partial charge in [0, 0.05) is 5.69 Å². The van der Waals surface area contributed by atoms with Crippen LogP contribution in [-0.4, -0.2) is 39.2 Å². The van der Waals surface area contributed by atoms with Gasteiger partial charge in [-0.1, -0.05) is 13.0 Å². The predicted octanol–water partition coefficient (Wildman–Crippen LogP) is 0.519. The van der Waals surface area contributed by atoms with Crippen molar-refractivity contribution < 1.29 is 4.79 Å². The van der Waals surface area contributed by atoms with E-state index in [2.05, 4.69) is 26.2 Å². The van der Waals surface area contributed by atoms with Crippen molar-refractivity contribution in [1.82, 2.24) is 25.5 Å². The molecule has 0 unspecified atom stereocenters. The molecule has 0 radical (unpaired) electrons. The minimum Gasteiger partial charge on any atom is -0.325 e. The summed E-state index contributed by atoms with van der Waals surface area (Å²) in [6.45, 7) is 4.95. The fourth-order valence-electron chi connectivity index (χ4n) is 1.60. The highest BCUT2D eigenvalue weighted by atomic mass is 16.1. The first-order valence-corrected chi connectivity index (χ1v) is 6.05. The molecule has 2 N–H and O–H groups in total. The van der Waals surface area contributed by atoms with Crippen LogP contribution in [0.5, 0.6) is 0 Å². The van der Waals surface area contributed by atoms with Gasteiger partial charge in [-0.15, -0.1) is 5.10 Å². The van der Waals surface area contributed by atoms with Crippen molar-refractivity contribution in [2.75, 3.05) is 18.4 Å². The molecule has 7 nitrogen and oxygen atoms in total. The van der Waals surface area contributed by atoms with E-state index >= 15 is 0 Å². The summed E-state index contributed by atoms with van der Waals surface area (Å²) in [6, 6.07) is 5.65. The largest absolute Gasteiger partial charge is 0.325 e. The van der Waals surface area contributed by atoms with Crippen LogP contribution in [0.2, 0.25) is 0 Å². The van der Waals surface area contributed by atoms with Crippen LogP contribution in [0.15, 0.2) is 24.5 Å². The van der Waals surface area contributed by atoms with Crippen molar-refractivity contribution in [1.29, 1.82) is 0 Å². The first kappa shape index (κ1) is 13.2. The average molecular weight is 260 g/mol. The third-order valence-corrected chi connectivity index (χ3v) is 2.64. The molecule has 0 saturated heterocycles. The Morgan fingerprint density at radius 3 is 2.95 bits per heavy atom. The fourth-order valence-corrected chi connectivity index (χ4v) is 1.60. The number of rotatable bonds is 5. The summed E-state index contributed by atoms with van der Waals surface area (Å²) in [5.41, 5.74) is 2.55. The SMILES string of the molecule is CCNCC(=O)Nc1cc(-n2cnnn2)ccc1C. The number of benzene rings is 1. The van der Waals surface area contributed by atoms with Gasteiger partial charge in [0.1, 0.15) is 6.33 Å². The van der Waals surface area contributed by atoms with Gasteiger partial charge in [0.2, 0.25) is 5.91 Å². The molecule has 0 fully saturated rings. The van der Waals surface area contributed by atoms with E-state index in [-0.39, 0.29) is 5.91 Å². The summed E-state index contributed by atoms with van der Waals surface area (Å²) >= 11 is 0. The minimum absolute atomic E-state index is 0.0705. The van der Waals surface area contributed by atoms with E-state index in [1.54, 1.807) is 4.68 Å². The summed E-state index contributed by atoms with van der Waals surface area (Å²) < 4.78 is 1.54. The van der Waals surface area contributed by atoms with Gasteiger partial charge in [-0.2, -0.15) is 0 Å². The molecule has 1 aromatic heterocycles. The van der Waals surface area contributed by atoms with Crippen LogP contribution in [0.4, 0.5) is 5.69 Å². The van der Waals surface area contributed by atoms with E-state index in [1.807, 2.05) is 32.0 Å². The van der Waals surface area contributed by atoms with E-state index in [1.165, 1.54) is 6.33 Å². The number of tetrazole rings is 1. The fraction of sp³-hybridized carbons (Fsp3) is 0.333. The van der Waals surface area contributed by atoms with Gasteiger partial charge in [-0.05, 0) is 41.6 Å². The van der Waals surface area contributed by atoms with Gasteiger partial charge in [-0.25, -0.2) is 4.68 Å². The molecule has 0 saturated carbocycles. The Balaban J connectivity index is 2.16. The Kier molecular flexibility index (Phi) is 4.19. The smallest absolute Gasteiger partial charge is 0.238 e. The Labute approximate surface area is 111 Å². The zero-order valence-electron chi connectivity index (χ0n) is 10.9. The average Bonchev–Trinajstić information content (AvgIpc) is 2.93. The van der Waals surface area contributed by atoms with Gasteiger partial charge >= 0.3 is 0 Å². The third-order valence-electron chi connectivity index (χ3n) is 2.64. The highest BCUT2D eigenvalue weighted by molar-refractivity contribution is 5.93. The van der Waals surface area contributed by atoms with Crippen molar-refractivity contribution in [3.8, 4) is 5.69 Å². The first-order chi connectivity index (χ1) is 9.20. The maximum atomic E-state index is 11.7. The van der Waals surface area contributed by atoms with Crippen molar-refractivity contribution in [3.63, 3.8) is 0 Å². The number of carbonyl (C=O) groups excluding carboxylic acids is 1. The number of hydrogen-bond acceptors (Lipinski definition) is 5. The number of aromatic nitrogens is 4. The lowest BCUT2D eigenvalue weighted by Crippen LogP contribution is -2.28. The Hall–Kier alpha value is -2.28. The molecule has 7 heteroatoms. The zero-order chi connectivity index (χ0) is 13.7. The molecule has 19 heavy (non-hydrogen) atoms. The van der Waals surface area contributed by atoms with Gasteiger partial charge in [0.25, 0.3) is 0 Å². The summed E-state index contributed by atoms with van der Waals surface area (Å²) in [6.07, 6.45) is 1.51. The lowest BCUT2D eigenvalue weighted by Gasteiger charge is -2.10. The standard InChI is InChI=1S/C12H16N6O/c1-3-13-7-12(19)15-11-6-10(5-4-9(11)2)18-8-14-16-17-18/h4-6,8,13H,3,7H2,1-2H3,(H,15,19). The van der Waals surface area contributed by atoms with E-state index in [0.29, 0.717) is 6.54 Å². The molecule has 1 amide bonds. The molecule has 0 aliphatic heterocycles. The maximum absolute atomic E-state index is 11.7. The van der Waals surface area contributed by atoms with Crippen LogP contribution < -0.4 is 10.6 Å². The molecule has 2 rings (SSSR count). The second-order valence-corrected chi connectivity index (χ2v) is 4.08. The molecule has 2 aromatic rings. The molecule has 100 valence electrons. The van der Waals surface area contributed by atoms with Gasteiger partial charge < -0.3 is 10.6 Å². The minimum atomic E-state index is -0.0705. The summed E-state index contributed by atoms with van der Waals surface area (Å²) in [4.78, 5) is 11.7. The van der Waals surface area contributed by atoms with Crippen molar-refractivity contribution in [2.24, 2.45) is 0 Å². The van der Waals surface area contributed by atoms with Crippen LogP contribution >= 0.6 is 0 Å². The lowest BCUT2D eigenvalue weighted by atomic mass is 10.2. The lowest BCUT2D eigenvalue weighted by molar-refractivity contribution is -0.115. The molecule has 1 heterocycles. The van der Waals surface area contributed by atoms with E-state index < -0.39 is 0 Å². The van der Waals surface area contributed by atoms with Crippen LogP contribution in [0.3, 0.4) is 0 Å². The highest BCUT2D eigenvalue weighted by Crippen LogP contribution is 2.18. The number of aryl methyl sites for hydroxylation is 1. The quantitative estimate of drug-likeness (QED) is 0.818. The van der Waals surface area contributed by atoms with E-state index in [9.17, 15) is 4.79 Å². The number of nitrogens with zero attached hydrogens (tertiary/aromatic N) is 4. The zero-order valence-corrected chi connectivity index (χ0v) is 10.9. The Morgan fingerprint density at radius 1 is 1.42 bits per heavy atom. The molecular weight excluding hydrogens is 244 g/mol. The molecule has 1 aromatic carbocycles. The topological polar surface area (TPSA) is 84.7 Å². The molecule has 0 atom stereocenters. The number of carbonyl (C=O) groups is 1. The Morgan fingerprint density at radius 2 is 2.26 bits per heavy atom. The van der Waals surface area contributed by atoms with Crippen LogP contribution in [0.25, 0.3) is 5.69 Å². The van der Waals surface area contributed by atoms with Crippen molar-refractivity contribution >= 4 is 11.6 Å². The van der Waals surface area contributed by atoms with Crippen molar-refractivity contribution in [2.45, 2.75) is 13.8 Å². The van der Waals surface area contributed by atoms with Crippen LogP contribution in [0, 0.1) is 6.92 Å². The van der Waals surface area contributed by atoms with Crippen molar-refractivity contribution in [3.05, 3.63) is 30.1 Å². The third kappa shape index (κ3) is 3.35. The monoisotopic (exact) mass is 260 g/mol. The molecule has 0 aliphatic carbocycles. The molecule has 0 aliphatic rings. The normalized spacial score (nSPS) is 10.4. The number of likely N-dealkylation sites (N-methyl/N-ethyl adjacent to an activating group) is 1. The summed E-state index contributed by atoms with van der Waals surface area (Å²) in [5, 5.41) is 16.8. The van der Waals surface area contributed by atoms with E-state index in [0.717, 1.165) is 23.5 Å². The van der Waals surface area contributed by atoms with Crippen LogP contribution in [-0.2, 0) is 4.79 Å². The molecular formula is C12H16N6O. The number of amides is 1. The van der Waals surface area contributed by atoms with E-state index in [4.69, 9.17) is 0 Å². The molecule has 0 spiro atoms. The second kappa shape index (κ2) is 6.05. The Bertz CT molecular complexity index is 551. The van der Waals surface area contributed by atoms with Crippen LogP contribution in [0.1, 0.15) is 12.5 Å². The number of nitrogens with one attached hydrogen (secondary N) is 2. The molecule has 0 bridgehead atoms. The number of anilines is 1. The second-order valence-electron chi connectivity index (χ2n) is 4.08. The van der Waals surface area contributed by atoms with Gasteiger partial charge in [0.05, 0.1) is 12.2 Å². The summed E-state index contributed by atoms with van der Waals surface area (Å²) in [7, 11) is 0. The summed E-state index contributed by atoms with van der Waals surface area (Å²) in [5.74, 6) is -0.0705. The number of hydrogen-bond donors (Lipinski definition) is 2. The first-order valence-electron chi connectivity index (χ1n) is 6.05. The van der Waals surface area contributed by atoms with Gasteiger partial charge in [-0.3, -0.25) is 4.79 Å². The highest BCUT2D eigenvalue weighted by Gasteiger charge is 2.06. The maximum Gasteiger partial charge on any atom is 0.238 e.